The van der Waals surface area contributed by atoms with Crippen molar-refractivity contribution in [3.63, 3.8) is 0 Å². The minimum absolute atomic E-state index is 0.0197. The quantitative estimate of drug-likeness (QED) is 0.849. The van der Waals surface area contributed by atoms with Gasteiger partial charge in [0.2, 0.25) is 0 Å². The van der Waals surface area contributed by atoms with Crippen LogP contribution in [-0.2, 0) is 7.05 Å². The number of aromatic nitrogens is 3. The van der Waals surface area contributed by atoms with Gasteiger partial charge in [0.1, 0.15) is 5.82 Å². The molecular weight excluding hydrogens is 200 g/mol. The van der Waals surface area contributed by atoms with E-state index in [1.807, 2.05) is 11.7 Å². The Morgan fingerprint density at radius 3 is 2.62 bits per heavy atom. The van der Waals surface area contributed by atoms with Crippen molar-refractivity contribution in [1.82, 2.24) is 14.8 Å². The van der Waals surface area contributed by atoms with E-state index in [-0.39, 0.29) is 6.04 Å². The van der Waals surface area contributed by atoms with Gasteiger partial charge in [-0.3, -0.25) is 4.68 Å². The van der Waals surface area contributed by atoms with Gasteiger partial charge in [-0.05, 0) is 25.2 Å². The van der Waals surface area contributed by atoms with Gasteiger partial charge in [0.15, 0.2) is 5.82 Å². The second kappa shape index (κ2) is 4.53. The average Bonchev–Trinajstić information content (AvgIpc) is 2.42. The maximum absolute atomic E-state index is 6.15. The number of nitrogens with two attached hydrogens (primary N) is 1. The van der Waals surface area contributed by atoms with Gasteiger partial charge in [-0.2, -0.15) is 5.10 Å². The zero-order chi connectivity index (χ0) is 11.7. The Bertz CT molecular complexity index is 352. The van der Waals surface area contributed by atoms with E-state index in [0.717, 1.165) is 18.1 Å². The number of rotatable bonds is 4. The second-order valence-corrected chi connectivity index (χ2v) is 5.32. The summed E-state index contributed by atoms with van der Waals surface area (Å²) in [5.74, 6) is 3.13. The summed E-state index contributed by atoms with van der Waals surface area (Å²) in [6, 6.07) is 0.0197. The molecule has 4 heteroatoms. The van der Waals surface area contributed by atoms with Gasteiger partial charge in [-0.25, -0.2) is 4.98 Å². The first-order valence-corrected chi connectivity index (χ1v) is 6.24. The summed E-state index contributed by atoms with van der Waals surface area (Å²) in [5, 5.41) is 4.49. The molecule has 16 heavy (non-hydrogen) atoms. The van der Waals surface area contributed by atoms with E-state index < -0.39 is 0 Å². The molecule has 1 fully saturated rings. The van der Waals surface area contributed by atoms with Crippen LogP contribution in [0.25, 0.3) is 0 Å². The molecule has 0 radical (unpaired) electrons. The first-order chi connectivity index (χ1) is 7.58. The largest absolute Gasteiger partial charge is 0.321 e. The van der Waals surface area contributed by atoms with Crippen LogP contribution in [0.3, 0.4) is 0 Å². The molecule has 1 atom stereocenters. The molecule has 1 aromatic rings. The number of hydrogen-bond acceptors (Lipinski definition) is 3. The van der Waals surface area contributed by atoms with Gasteiger partial charge in [0.05, 0.1) is 6.04 Å². The van der Waals surface area contributed by atoms with Crippen LogP contribution in [-0.4, -0.2) is 14.8 Å². The number of hydrogen-bond donors (Lipinski definition) is 1. The first-order valence-electron chi connectivity index (χ1n) is 6.24. The normalized spacial score (nSPS) is 18.8. The molecule has 0 aliphatic heterocycles. The average molecular weight is 222 g/mol. The summed E-state index contributed by atoms with van der Waals surface area (Å²) < 4.78 is 1.86. The third-order valence-electron chi connectivity index (χ3n) is 3.34. The van der Waals surface area contributed by atoms with Crippen LogP contribution >= 0.6 is 0 Å². The molecule has 0 bridgehead atoms. The molecule has 0 saturated heterocycles. The Morgan fingerprint density at radius 2 is 2.12 bits per heavy atom. The zero-order valence-corrected chi connectivity index (χ0v) is 10.5. The maximum atomic E-state index is 6.15. The predicted molar refractivity (Wildman–Crippen MR) is 64.0 cm³/mol. The standard InChI is InChI=1S/C12H22N4/c1-8(2)7-10(13)12-14-11(15-16(12)3)9-5-4-6-9/h8-10H,4-7,13H2,1-3H3. The van der Waals surface area contributed by atoms with E-state index in [2.05, 4.69) is 23.9 Å². The van der Waals surface area contributed by atoms with Crippen LogP contribution in [0.5, 0.6) is 0 Å². The summed E-state index contributed by atoms with van der Waals surface area (Å²) >= 11 is 0. The fourth-order valence-corrected chi connectivity index (χ4v) is 2.19. The first kappa shape index (κ1) is 11.6. The van der Waals surface area contributed by atoms with Crippen molar-refractivity contribution in [2.45, 2.75) is 51.5 Å². The molecule has 2 N–H and O–H groups in total. The molecule has 4 nitrogen and oxygen atoms in total. The lowest BCUT2D eigenvalue weighted by atomic mass is 9.85. The summed E-state index contributed by atoms with van der Waals surface area (Å²) in [6.45, 7) is 4.37. The van der Waals surface area contributed by atoms with Gasteiger partial charge < -0.3 is 5.73 Å². The Balaban J connectivity index is 2.10. The van der Waals surface area contributed by atoms with Gasteiger partial charge >= 0.3 is 0 Å². The maximum Gasteiger partial charge on any atom is 0.154 e. The second-order valence-electron chi connectivity index (χ2n) is 5.32. The van der Waals surface area contributed by atoms with Crippen molar-refractivity contribution in [2.24, 2.45) is 18.7 Å². The molecule has 2 rings (SSSR count). The lowest BCUT2D eigenvalue weighted by molar-refractivity contribution is 0.400. The van der Waals surface area contributed by atoms with E-state index in [9.17, 15) is 0 Å². The van der Waals surface area contributed by atoms with Crippen LogP contribution < -0.4 is 5.73 Å². The highest BCUT2D eigenvalue weighted by Gasteiger charge is 2.25. The Hall–Kier alpha value is -0.900. The smallest absolute Gasteiger partial charge is 0.154 e. The van der Waals surface area contributed by atoms with Crippen LogP contribution in [0, 0.1) is 5.92 Å². The van der Waals surface area contributed by atoms with Crippen molar-refractivity contribution >= 4 is 0 Å². The molecule has 0 aromatic carbocycles. The molecule has 1 aromatic heterocycles. The van der Waals surface area contributed by atoms with Crippen LogP contribution in [0.15, 0.2) is 0 Å². The highest BCUT2D eigenvalue weighted by molar-refractivity contribution is 5.05. The lowest BCUT2D eigenvalue weighted by Gasteiger charge is -2.21. The third-order valence-corrected chi connectivity index (χ3v) is 3.34. The Labute approximate surface area is 97.2 Å². The van der Waals surface area contributed by atoms with Gasteiger partial charge in [0, 0.05) is 13.0 Å². The molecule has 1 saturated carbocycles. The highest BCUT2D eigenvalue weighted by atomic mass is 15.3. The summed E-state index contributed by atoms with van der Waals surface area (Å²) in [7, 11) is 1.95. The molecule has 1 unspecified atom stereocenters. The van der Waals surface area contributed by atoms with E-state index in [1.54, 1.807) is 0 Å². The van der Waals surface area contributed by atoms with Crippen LogP contribution in [0.2, 0.25) is 0 Å². The SMILES string of the molecule is CC(C)CC(N)c1nc(C2CCC2)nn1C. The van der Waals surface area contributed by atoms with Gasteiger partial charge in [-0.15, -0.1) is 0 Å². The van der Waals surface area contributed by atoms with Gasteiger partial charge in [-0.1, -0.05) is 20.3 Å². The van der Waals surface area contributed by atoms with E-state index >= 15 is 0 Å². The molecule has 90 valence electrons. The topological polar surface area (TPSA) is 56.7 Å². The molecule has 1 heterocycles. The van der Waals surface area contributed by atoms with Gasteiger partial charge in [0.25, 0.3) is 0 Å². The summed E-state index contributed by atoms with van der Waals surface area (Å²) in [6.07, 6.45) is 4.76. The fourth-order valence-electron chi connectivity index (χ4n) is 2.19. The monoisotopic (exact) mass is 222 g/mol. The van der Waals surface area contributed by atoms with Crippen molar-refractivity contribution in [3.8, 4) is 0 Å². The van der Waals surface area contributed by atoms with Crippen LogP contribution in [0.1, 0.15) is 63.1 Å². The van der Waals surface area contributed by atoms with E-state index in [1.165, 1.54) is 19.3 Å². The molecule has 0 amide bonds. The predicted octanol–water partition coefficient (Wildman–Crippen LogP) is 2.13. The number of aryl methyl sites for hydroxylation is 1. The van der Waals surface area contributed by atoms with Crippen molar-refractivity contribution in [1.29, 1.82) is 0 Å². The Kier molecular flexibility index (Phi) is 3.28. The number of nitrogens with zero attached hydrogens (tertiary/aromatic N) is 3. The minimum Gasteiger partial charge on any atom is -0.321 e. The Morgan fingerprint density at radius 1 is 1.44 bits per heavy atom. The lowest BCUT2D eigenvalue weighted by Crippen LogP contribution is -2.17. The zero-order valence-electron chi connectivity index (χ0n) is 10.5. The molecule has 1 aliphatic carbocycles. The van der Waals surface area contributed by atoms with Crippen molar-refractivity contribution < 1.29 is 0 Å². The van der Waals surface area contributed by atoms with E-state index in [0.29, 0.717) is 11.8 Å². The molecular formula is C12H22N4. The molecule has 0 spiro atoms. The van der Waals surface area contributed by atoms with Crippen molar-refractivity contribution in [3.05, 3.63) is 11.6 Å². The highest BCUT2D eigenvalue weighted by Crippen LogP contribution is 2.34. The fraction of sp³-hybridized carbons (Fsp3) is 0.833. The summed E-state index contributed by atoms with van der Waals surface area (Å²) in [4.78, 5) is 4.61. The van der Waals surface area contributed by atoms with Crippen molar-refractivity contribution in [2.75, 3.05) is 0 Å². The van der Waals surface area contributed by atoms with E-state index in [4.69, 9.17) is 5.73 Å². The van der Waals surface area contributed by atoms with Crippen LogP contribution in [0.4, 0.5) is 0 Å². The third kappa shape index (κ3) is 2.26. The molecule has 1 aliphatic rings. The minimum atomic E-state index is 0.0197. The summed E-state index contributed by atoms with van der Waals surface area (Å²) in [5.41, 5.74) is 6.15.